The van der Waals surface area contributed by atoms with Gasteiger partial charge in [0.1, 0.15) is 28.2 Å². The predicted molar refractivity (Wildman–Crippen MR) is 179 cm³/mol. The molecule has 4 aromatic rings. The van der Waals surface area contributed by atoms with Crippen molar-refractivity contribution in [1.29, 1.82) is 0 Å². The lowest BCUT2D eigenvalue weighted by molar-refractivity contribution is 0.146. The van der Waals surface area contributed by atoms with E-state index in [9.17, 15) is 13.2 Å². The minimum atomic E-state index is -1.56. The summed E-state index contributed by atoms with van der Waals surface area (Å²) in [5, 5.41) is 4.96. The molecule has 49 heavy (non-hydrogen) atoms. The number of methoxy groups -OCH3 is 1. The molecule has 8 nitrogen and oxygen atoms in total. The van der Waals surface area contributed by atoms with Crippen LogP contribution in [0.2, 0.25) is 0 Å². The van der Waals surface area contributed by atoms with Crippen molar-refractivity contribution in [2.24, 2.45) is 5.41 Å². The third-order valence-electron chi connectivity index (χ3n) is 10.6. The monoisotopic (exact) mass is 672 g/mol. The number of ether oxygens (including phenoxy) is 2. The number of rotatable bonds is 8. The molecule has 2 bridgehead atoms. The largest absolute Gasteiger partial charge is 0.480 e. The predicted octanol–water partition coefficient (Wildman–Crippen LogP) is 6.46. The Morgan fingerprint density at radius 3 is 2.45 bits per heavy atom. The Labute approximate surface area is 281 Å². The first-order valence-corrected chi connectivity index (χ1v) is 16.8. The number of nitrogens with zero attached hydrogens (tertiary/aromatic N) is 5. The van der Waals surface area contributed by atoms with Gasteiger partial charge in [0.05, 0.1) is 19.3 Å². The second kappa shape index (κ2) is 12.4. The van der Waals surface area contributed by atoms with Gasteiger partial charge >= 0.3 is 6.01 Å². The zero-order valence-corrected chi connectivity index (χ0v) is 27.2. The lowest BCUT2D eigenvalue weighted by Gasteiger charge is -2.34. The average molecular weight is 673 g/mol. The Balaban J connectivity index is 1.20. The minimum Gasteiger partial charge on any atom is -0.480 e. The molecule has 2 atom stereocenters. The molecule has 1 saturated carbocycles. The highest BCUT2D eigenvalue weighted by Crippen LogP contribution is 2.47. The molecule has 2 aromatic heterocycles. The normalized spacial score (nSPS) is 21.6. The Kier molecular flexibility index (Phi) is 8.07. The molecule has 2 aromatic carbocycles. The summed E-state index contributed by atoms with van der Waals surface area (Å²) in [5.74, 6) is 1.73. The maximum absolute atomic E-state index is 17.0. The van der Waals surface area contributed by atoms with Crippen LogP contribution < -0.4 is 19.7 Å². The molecular formula is C37H36F4N6O2. The van der Waals surface area contributed by atoms with Crippen molar-refractivity contribution in [2.75, 3.05) is 51.3 Å². The summed E-state index contributed by atoms with van der Waals surface area (Å²) < 4.78 is 70.2. The first kappa shape index (κ1) is 31.8. The lowest BCUT2D eigenvalue weighted by Crippen LogP contribution is -2.51. The first-order valence-electron chi connectivity index (χ1n) is 16.8. The van der Waals surface area contributed by atoms with Gasteiger partial charge in [-0.15, -0.1) is 6.42 Å². The maximum Gasteiger partial charge on any atom is 0.319 e. The summed E-state index contributed by atoms with van der Waals surface area (Å²) in [7, 11) is 1.47. The van der Waals surface area contributed by atoms with Crippen LogP contribution >= 0.6 is 0 Å². The summed E-state index contributed by atoms with van der Waals surface area (Å²) in [4.78, 5) is 18.5. The van der Waals surface area contributed by atoms with Crippen LogP contribution in [-0.4, -0.2) is 78.4 Å². The summed E-state index contributed by atoms with van der Waals surface area (Å²) in [5.41, 5.74) is 0.329. The average Bonchev–Trinajstić information content (AvgIpc) is 3.80. The van der Waals surface area contributed by atoms with Crippen molar-refractivity contribution >= 4 is 27.5 Å². The van der Waals surface area contributed by atoms with Crippen molar-refractivity contribution < 1.29 is 27.0 Å². The summed E-state index contributed by atoms with van der Waals surface area (Å²) in [6.07, 6.45) is 8.83. The standard InChI is InChI=1S/C37H36F4N6O2/c1-3-25-27(38)10-7-21-5-4-6-26(28(21)25)31-30(39)32-29(35(43-31)48-2)34(47-17-23-8-9-24(18-47)42-23)45-36(44-32)49-20-37(13-14-37)19-46-15-11-22(12-16-46)33(40)41/h1,4-7,10,23-24,42H,8-9,11-20H2,2H3/t23-,24+. The highest BCUT2D eigenvalue weighted by atomic mass is 19.3. The van der Waals surface area contributed by atoms with Crippen LogP contribution in [0.5, 0.6) is 11.9 Å². The number of fused-ring (bicyclic) bond motifs is 4. The van der Waals surface area contributed by atoms with E-state index in [0.29, 0.717) is 73.2 Å². The number of hydrogen-bond acceptors (Lipinski definition) is 8. The van der Waals surface area contributed by atoms with Gasteiger partial charge in [0, 0.05) is 61.2 Å². The molecule has 1 N–H and O–H groups in total. The van der Waals surface area contributed by atoms with Gasteiger partial charge in [-0.3, -0.25) is 0 Å². The van der Waals surface area contributed by atoms with Crippen molar-refractivity contribution in [1.82, 2.24) is 25.2 Å². The van der Waals surface area contributed by atoms with Crippen LogP contribution in [0.1, 0.15) is 44.1 Å². The van der Waals surface area contributed by atoms with Crippen molar-refractivity contribution in [2.45, 2.75) is 50.6 Å². The van der Waals surface area contributed by atoms with E-state index < -0.39 is 17.7 Å². The Bertz CT molecular complexity index is 2020. The number of halogens is 4. The molecule has 8 rings (SSSR count). The van der Waals surface area contributed by atoms with E-state index in [1.807, 2.05) is 0 Å². The lowest BCUT2D eigenvalue weighted by atomic mass is 9.96. The van der Waals surface area contributed by atoms with E-state index in [2.05, 4.69) is 31.0 Å². The molecule has 3 aliphatic heterocycles. The molecule has 5 heterocycles. The molecule has 0 spiro atoms. The van der Waals surface area contributed by atoms with E-state index in [0.717, 1.165) is 32.2 Å². The first-order chi connectivity index (χ1) is 23.8. The fourth-order valence-corrected chi connectivity index (χ4v) is 7.77. The van der Waals surface area contributed by atoms with E-state index in [4.69, 9.17) is 20.9 Å². The molecule has 0 unspecified atom stereocenters. The molecule has 4 fully saturated rings. The van der Waals surface area contributed by atoms with E-state index >= 15 is 4.39 Å². The zero-order chi connectivity index (χ0) is 33.9. The quantitative estimate of drug-likeness (QED) is 0.169. The third kappa shape index (κ3) is 5.82. The van der Waals surface area contributed by atoms with Gasteiger partial charge in [-0.05, 0) is 55.6 Å². The van der Waals surface area contributed by atoms with Gasteiger partial charge in [-0.2, -0.15) is 18.7 Å². The second-order valence-corrected chi connectivity index (χ2v) is 13.8. The van der Waals surface area contributed by atoms with Crippen LogP contribution in [0, 0.1) is 29.4 Å². The third-order valence-corrected chi connectivity index (χ3v) is 10.6. The Morgan fingerprint density at radius 2 is 1.78 bits per heavy atom. The van der Waals surface area contributed by atoms with Crippen LogP contribution in [-0.2, 0) is 0 Å². The number of aromatic nitrogens is 3. The van der Waals surface area contributed by atoms with Gasteiger partial charge in [0.2, 0.25) is 5.88 Å². The highest BCUT2D eigenvalue weighted by Gasteiger charge is 2.45. The van der Waals surface area contributed by atoms with Gasteiger partial charge in [0.25, 0.3) is 6.08 Å². The minimum absolute atomic E-state index is 0.0163. The van der Waals surface area contributed by atoms with E-state index in [1.54, 1.807) is 24.3 Å². The van der Waals surface area contributed by atoms with Crippen LogP contribution in [0.3, 0.4) is 0 Å². The number of pyridine rings is 1. The fraction of sp³-hybridized carbons (Fsp3) is 0.432. The second-order valence-electron chi connectivity index (χ2n) is 13.8. The number of piperazine rings is 1. The summed E-state index contributed by atoms with van der Waals surface area (Å²) in [6, 6.07) is 8.65. The van der Waals surface area contributed by atoms with Crippen molar-refractivity contribution in [3.8, 4) is 35.5 Å². The van der Waals surface area contributed by atoms with Crippen LogP contribution in [0.25, 0.3) is 32.9 Å². The Morgan fingerprint density at radius 1 is 1.02 bits per heavy atom. The molecule has 3 saturated heterocycles. The number of hydrogen-bond donors (Lipinski definition) is 1. The molecule has 0 radical (unpaired) electrons. The number of likely N-dealkylation sites (tertiary alicyclic amines) is 1. The van der Waals surface area contributed by atoms with Gasteiger partial charge < -0.3 is 24.6 Å². The molecule has 0 amide bonds. The number of anilines is 1. The zero-order valence-electron chi connectivity index (χ0n) is 27.2. The van der Waals surface area contributed by atoms with Gasteiger partial charge in [-0.25, -0.2) is 13.8 Å². The summed E-state index contributed by atoms with van der Waals surface area (Å²) in [6.45, 7) is 3.52. The van der Waals surface area contributed by atoms with E-state index in [1.165, 1.54) is 13.2 Å². The SMILES string of the molecule is C#Cc1c(F)ccc2cccc(-c3nc(OC)c4c(N5C[C@H]6CC[C@@H](C5)N6)nc(OCC5(CN6CCC(=C(F)F)CC6)CC5)nc4c3F)c12. The maximum atomic E-state index is 17.0. The highest BCUT2D eigenvalue weighted by molar-refractivity contribution is 6.03. The van der Waals surface area contributed by atoms with E-state index in [-0.39, 0.29) is 51.7 Å². The van der Waals surface area contributed by atoms with Crippen LogP contribution in [0.15, 0.2) is 42.0 Å². The number of nitrogens with one attached hydrogen (secondary N) is 1. The van der Waals surface area contributed by atoms with Crippen LogP contribution in [0.4, 0.5) is 23.4 Å². The Hall–Kier alpha value is -4.47. The fourth-order valence-electron chi connectivity index (χ4n) is 7.77. The molecule has 1 aliphatic carbocycles. The van der Waals surface area contributed by atoms with Gasteiger partial charge in [-0.1, -0.05) is 30.2 Å². The van der Waals surface area contributed by atoms with Crippen molar-refractivity contribution in [3.63, 3.8) is 0 Å². The summed E-state index contributed by atoms with van der Waals surface area (Å²) >= 11 is 0. The topological polar surface area (TPSA) is 75.6 Å². The smallest absolute Gasteiger partial charge is 0.319 e. The number of terminal acetylenes is 1. The van der Waals surface area contributed by atoms with Crippen molar-refractivity contribution in [3.05, 3.63) is 59.2 Å². The number of piperidine rings is 1. The van der Waals surface area contributed by atoms with Gasteiger partial charge in [0.15, 0.2) is 5.82 Å². The molecule has 254 valence electrons. The molecule has 4 aliphatic rings. The molecule has 12 heteroatoms. The molecular weight excluding hydrogens is 636 g/mol. The number of benzene rings is 2.